The summed E-state index contributed by atoms with van der Waals surface area (Å²) in [5, 5.41) is 12.1. The van der Waals surface area contributed by atoms with E-state index >= 15 is 0 Å². The zero-order valence-corrected chi connectivity index (χ0v) is 15.2. The summed E-state index contributed by atoms with van der Waals surface area (Å²) in [5.74, 6) is -0.785. The second-order valence-electron chi connectivity index (χ2n) is 6.98. The summed E-state index contributed by atoms with van der Waals surface area (Å²) in [6.45, 7) is 4.03. The average molecular weight is 361 g/mol. The van der Waals surface area contributed by atoms with Crippen LogP contribution in [0.5, 0.6) is 0 Å². The molecule has 0 saturated carbocycles. The molecule has 5 nitrogen and oxygen atoms in total. The SMILES string of the molecule is O=C(O)[C@H](c1cccc2ccccc12)N1CCN(Cc2cccnc2)CC1. The fraction of sp³-hybridized carbons (Fsp3) is 0.273. The maximum absolute atomic E-state index is 12.2. The number of nitrogens with zero attached hydrogens (tertiary/aromatic N) is 3. The van der Waals surface area contributed by atoms with Crippen LogP contribution < -0.4 is 0 Å². The van der Waals surface area contributed by atoms with E-state index in [-0.39, 0.29) is 0 Å². The summed E-state index contributed by atoms with van der Waals surface area (Å²) in [7, 11) is 0. The number of benzene rings is 2. The van der Waals surface area contributed by atoms with Crippen molar-refractivity contribution < 1.29 is 9.90 Å². The Labute approximate surface area is 158 Å². The molecule has 0 unspecified atom stereocenters. The van der Waals surface area contributed by atoms with Crippen LogP contribution in [0.3, 0.4) is 0 Å². The Hall–Kier alpha value is -2.76. The number of piperazine rings is 1. The van der Waals surface area contributed by atoms with E-state index in [1.807, 2.05) is 54.7 Å². The summed E-state index contributed by atoms with van der Waals surface area (Å²) < 4.78 is 0. The molecule has 0 spiro atoms. The van der Waals surface area contributed by atoms with Crippen molar-refractivity contribution in [3.8, 4) is 0 Å². The van der Waals surface area contributed by atoms with E-state index in [4.69, 9.17) is 0 Å². The molecule has 1 atom stereocenters. The molecule has 2 aromatic carbocycles. The highest BCUT2D eigenvalue weighted by molar-refractivity contribution is 5.90. The minimum Gasteiger partial charge on any atom is -0.480 e. The van der Waals surface area contributed by atoms with E-state index in [2.05, 4.69) is 20.9 Å². The second kappa shape index (κ2) is 7.86. The van der Waals surface area contributed by atoms with Gasteiger partial charge in [-0.05, 0) is 28.0 Å². The Balaban J connectivity index is 1.52. The van der Waals surface area contributed by atoms with E-state index < -0.39 is 12.0 Å². The standard InChI is InChI=1S/C22H23N3O2/c26-22(27)21(20-9-3-7-18-6-1-2-8-19(18)20)25-13-11-24(12-14-25)16-17-5-4-10-23-15-17/h1-10,15,21H,11-14,16H2,(H,26,27)/t21-/m0/s1. The monoisotopic (exact) mass is 361 g/mol. The Morgan fingerprint density at radius 3 is 2.52 bits per heavy atom. The highest BCUT2D eigenvalue weighted by Gasteiger charge is 2.31. The van der Waals surface area contributed by atoms with Gasteiger partial charge in [-0.25, -0.2) is 0 Å². The van der Waals surface area contributed by atoms with E-state index in [9.17, 15) is 9.90 Å². The van der Waals surface area contributed by atoms with E-state index in [1.165, 1.54) is 5.56 Å². The van der Waals surface area contributed by atoms with Crippen LogP contribution in [0, 0.1) is 0 Å². The van der Waals surface area contributed by atoms with Crippen LogP contribution in [0.25, 0.3) is 10.8 Å². The Bertz CT molecular complexity index is 916. The van der Waals surface area contributed by atoms with Crippen molar-refractivity contribution >= 4 is 16.7 Å². The number of aromatic nitrogens is 1. The molecule has 1 fully saturated rings. The van der Waals surface area contributed by atoms with Gasteiger partial charge in [0.1, 0.15) is 6.04 Å². The van der Waals surface area contributed by atoms with Crippen molar-refractivity contribution in [3.63, 3.8) is 0 Å². The lowest BCUT2D eigenvalue weighted by molar-refractivity contribution is -0.144. The van der Waals surface area contributed by atoms with Crippen molar-refractivity contribution in [3.05, 3.63) is 78.1 Å². The fourth-order valence-electron chi connectivity index (χ4n) is 3.90. The maximum Gasteiger partial charge on any atom is 0.325 e. The largest absolute Gasteiger partial charge is 0.480 e. The van der Waals surface area contributed by atoms with Crippen LogP contribution in [0.15, 0.2) is 67.0 Å². The molecule has 138 valence electrons. The van der Waals surface area contributed by atoms with Gasteiger partial charge in [-0.3, -0.25) is 19.6 Å². The lowest BCUT2D eigenvalue weighted by Gasteiger charge is -2.38. The smallest absolute Gasteiger partial charge is 0.325 e. The topological polar surface area (TPSA) is 56.7 Å². The molecule has 27 heavy (non-hydrogen) atoms. The molecule has 3 aromatic rings. The zero-order valence-electron chi connectivity index (χ0n) is 15.2. The van der Waals surface area contributed by atoms with Gasteiger partial charge < -0.3 is 5.11 Å². The van der Waals surface area contributed by atoms with Crippen LogP contribution in [0.1, 0.15) is 17.2 Å². The molecule has 0 bridgehead atoms. The highest BCUT2D eigenvalue weighted by Crippen LogP contribution is 2.29. The fourth-order valence-corrected chi connectivity index (χ4v) is 3.90. The van der Waals surface area contributed by atoms with Gasteiger partial charge in [0, 0.05) is 45.1 Å². The third-order valence-corrected chi connectivity index (χ3v) is 5.25. The van der Waals surface area contributed by atoms with Gasteiger partial charge in [0.25, 0.3) is 0 Å². The number of rotatable bonds is 5. The molecule has 0 radical (unpaired) electrons. The summed E-state index contributed by atoms with van der Waals surface area (Å²) in [5.41, 5.74) is 2.07. The number of carbonyl (C=O) groups is 1. The molecule has 1 N–H and O–H groups in total. The Morgan fingerprint density at radius 1 is 1.00 bits per heavy atom. The van der Waals surface area contributed by atoms with Gasteiger partial charge in [0.2, 0.25) is 0 Å². The molecule has 1 aliphatic rings. The first-order valence-corrected chi connectivity index (χ1v) is 9.28. The van der Waals surface area contributed by atoms with Gasteiger partial charge in [0.15, 0.2) is 0 Å². The number of hydrogen-bond donors (Lipinski definition) is 1. The molecular weight excluding hydrogens is 338 g/mol. The van der Waals surface area contributed by atoms with Crippen molar-refractivity contribution in [2.24, 2.45) is 0 Å². The van der Waals surface area contributed by atoms with E-state index in [0.717, 1.165) is 49.1 Å². The van der Waals surface area contributed by atoms with Gasteiger partial charge in [-0.2, -0.15) is 0 Å². The van der Waals surface area contributed by atoms with Crippen molar-refractivity contribution in [2.75, 3.05) is 26.2 Å². The van der Waals surface area contributed by atoms with Gasteiger partial charge >= 0.3 is 5.97 Å². The summed E-state index contributed by atoms with van der Waals surface area (Å²) >= 11 is 0. The third-order valence-electron chi connectivity index (χ3n) is 5.25. The van der Waals surface area contributed by atoms with Crippen LogP contribution >= 0.6 is 0 Å². The number of aliphatic carboxylic acids is 1. The molecule has 0 aliphatic carbocycles. The van der Waals surface area contributed by atoms with Crippen LogP contribution in [-0.4, -0.2) is 52.0 Å². The van der Waals surface area contributed by atoms with Crippen LogP contribution in [0.4, 0.5) is 0 Å². The zero-order chi connectivity index (χ0) is 18.6. The molecule has 0 amide bonds. The minimum absolute atomic E-state index is 0.614. The molecule has 4 rings (SSSR count). The lowest BCUT2D eigenvalue weighted by atomic mass is 9.97. The summed E-state index contributed by atoms with van der Waals surface area (Å²) in [6, 6.07) is 17.3. The first-order valence-electron chi connectivity index (χ1n) is 9.28. The first-order chi connectivity index (χ1) is 13.2. The van der Waals surface area contributed by atoms with Crippen LogP contribution in [0.2, 0.25) is 0 Å². The molecule has 2 heterocycles. The van der Waals surface area contributed by atoms with Crippen molar-refractivity contribution in [1.82, 2.24) is 14.8 Å². The van der Waals surface area contributed by atoms with E-state index in [1.54, 1.807) is 6.20 Å². The highest BCUT2D eigenvalue weighted by atomic mass is 16.4. The third kappa shape index (κ3) is 3.84. The van der Waals surface area contributed by atoms with Gasteiger partial charge in [-0.1, -0.05) is 48.5 Å². The Kier molecular flexibility index (Phi) is 5.14. The second-order valence-corrected chi connectivity index (χ2v) is 6.98. The number of pyridine rings is 1. The van der Waals surface area contributed by atoms with Crippen molar-refractivity contribution in [2.45, 2.75) is 12.6 Å². The minimum atomic E-state index is -0.785. The van der Waals surface area contributed by atoms with Gasteiger partial charge in [-0.15, -0.1) is 0 Å². The average Bonchev–Trinajstić information content (AvgIpc) is 2.70. The number of carboxylic acid groups (broad SMARTS) is 1. The Morgan fingerprint density at radius 2 is 1.78 bits per heavy atom. The lowest BCUT2D eigenvalue weighted by Crippen LogP contribution is -2.48. The molecule has 1 aromatic heterocycles. The van der Waals surface area contributed by atoms with Crippen molar-refractivity contribution in [1.29, 1.82) is 0 Å². The predicted octanol–water partition coefficient (Wildman–Crippen LogP) is 3.18. The molecule has 1 aliphatic heterocycles. The predicted molar refractivity (Wildman–Crippen MR) is 105 cm³/mol. The number of hydrogen-bond acceptors (Lipinski definition) is 4. The quantitative estimate of drug-likeness (QED) is 0.756. The summed E-state index contributed by atoms with van der Waals surface area (Å²) in [4.78, 5) is 20.8. The molecule has 5 heteroatoms. The first kappa shape index (κ1) is 17.6. The maximum atomic E-state index is 12.2. The van der Waals surface area contributed by atoms with Gasteiger partial charge in [0.05, 0.1) is 0 Å². The van der Waals surface area contributed by atoms with E-state index in [0.29, 0.717) is 0 Å². The number of fused-ring (bicyclic) bond motifs is 1. The molecule has 1 saturated heterocycles. The molecular formula is C22H23N3O2. The summed E-state index contributed by atoms with van der Waals surface area (Å²) in [6.07, 6.45) is 3.67. The normalized spacial score (nSPS) is 17.0. The number of carboxylic acids is 1. The van der Waals surface area contributed by atoms with Crippen LogP contribution in [-0.2, 0) is 11.3 Å².